The number of carbonyl (C=O) groups is 3. The molecular weight excluding hydrogens is 356 g/mol. The molecule has 1 aromatic rings. The summed E-state index contributed by atoms with van der Waals surface area (Å²) >= 11 is 1.66. The number of hydrogen-bond acceptors (Lipinski definition) is 6. The second-order valence-corrected chi connectivity index (χ2v) is 8.01. The highest BCUT2D eigenvalue weighted by molar-refractivity contribution is 8.01. The van der Waals surface area contributed by atoms with Gasteiger partial charge in [0, 0.05) is 18.7 Å². The van der Waals surface area contributed by atoms with Crippen molar-refractivity contribution in [2.24, 2.45) is 0 Å². The number of ether oxygens (including phenoxy) is 2. The molecule has 0 unspecified atom stereocenters. The fraction of sp³-hybridized carbons (Fsp3) is 0.500. The average molecular weight is 378 g/mol. The maximum Gasteiger partial charge on any atom is 0.341 e. The van der Waals surface area contributed by atoms with Crippen molar-refractivity contribution in [2.75, 3.05) is 20.0 Å². The van der Waals surface area contributed by atoms with Crippen LogP contribution >= 0.6 is 11.8 Å². The third-order valence-electron chi connectivity index (χ3n) is 4.88. The average Bonchev–Trinajstić information content (AvgIpc) is 3.14. The summed E-state index contributed by atoms with van der Waals surface area (Å²) in [6.07, 6.45) is 1.27. The molecule has 2 atom stereocenters. The molecule has 26 heavy (non-hydrogen) atoms. The Kier molecular flexibility index (Phi) is 5.13. The van der Waals surface area contributed by atoms with Crippen LogP contribution in [0.5, 0.6) is 5.75 Å². The van der Waals surface area contributed by atoms with E-state index in [1.165, 1.54) is 14.2 Å². The summed E-state index contributed by atoms with van der Waals surface area (Å²) in [7, 11) is 2.78. The maximum absolute atomic E-state index is 12.6. The molecular formula is C18H22N2O5S. The van der Waals surface area contributed by atoms with Crippen LogP contribution in [-0.2, 0) is 20.9 Å². The van der Waals surface area contributed by atoms with E-state index < -0.39 is 12.0 Å². The van der Waals surface area contributed by atoms with E-state index in [-0.39, 0.29) is 23.2 Å². The van der Waals surface area contributed by atoms with Crippen molar-refractivity contribution in [1.82, 2.24) is 10.2 Å². The van der Waals surface area contributed by atoms with E-state index in [0.717, 1.165) is 12.0 Å². The van der Waals surface area contributed by atoms with Gasteiger partial charge in [-0.1, -0.05) is 6.07 Å². The van der Waals surface area contributed by atoms with Crippen LogP contribution in [-0.4, -0.2) is 53.6 Å². The number of thioether (sulfide) groups is 1. The Morgan fingerprint density at radius 1 is 1.38 bits per heavy atom. The van der Waals surface area contributed by atoms with Crippen LogP contribution in [0.3, 0.4) is 0 Å². The van der Waals surface area contributed by atoms with Gasteiger partial charge in [0.05, 0.1) is 19.1 Å². The van der Waals surface area contributed by atoms with E-state index in [2.05, 4.69) is 5.32 Å². The zero-order chi connectivity index (χ0) is 18.9. The smallest absolute Gasteiger partial charge is 0.341 e. The molecule has 3 rings (SSSR count). The topological polar surface area (TPSA) is 84.9 Å². The molecule has 2 amide bonds. The SMILES string of the molecule is COC(=O)c1cc(CNC(=O)[C@@H]2CS[C@]3(C)CCC(=O)N23)ccc1OC. The number of nitrogens with one attached hydrogen (secondary N) is 1. The number of methoxy groups -OCH3 is 2. The molecule has 2 saturated heterocycles. The molecule has 1 aromatic carbocycles. The Hall–Kier alpha value is -2.22. The number of benzene rings is 1. The van der Waals surface area contributed by atoms with Gasteiger partial charge < -0.3 is 19.7 Å². The van der Waals surface area contributed by atoms with Crippen molar-refractivity contribution in [3.63, 3.8) is 0 Å². The molecule has 0 bridgehead atoms. The second-order valence-electron chi connectivity index (χ2n) is 6.51. The van der Waals surface area contributed by atoms with Gasteiger partial charge in [0.15, 0.2) is 0 Å². The first kappa shape index (κ1) is 18.6. The maximum atomic E-state index is 12.6. The first-order valence-corrected chi connectivity index (χ1v) is 9.37. The summed E-state index contributed by atoms with van der Waals surface area (Å²) in [6.45, 7) is 2.27. The Balaban J connectivity index is 1.68. The summed E-state index contributed by atoms with van der Waals surface area (Å²) in [5, 5.41) is 2.87. The van der Waals surface area contributed by atoms with Gasteiger partial charge in [0.2, 0.25) is 11.8 Å². The van der Waals surface area contributed by atoms with Gasteiger partial charge in [-0.2, -0.15) is 0 Å². The minimum atomic E-state index is -0.499. The van der Waals surface area contributed by atoms with E-state index >= 15 is 0 Å². The summed E-state index contributed by atoms with van der Waals surface area (Å²) in [5.74, 6) is 0.379. The van der Waals surface area contributed by atoms with E-state index in [0.29, 0.717) is 23.5 Å². The van der Waals surface area contributed by atoms with Crippen molar-refractivity contribution in [3.05, 3.63) is 29.3 Å². The first-order valence-electron chi connectivity index (χ1n) is 8.38. The lowest BCUT2D eigenvalue weighted by Crippen LogP contribution is -2.49. The van der Waals surface area contributed by atoms with Crippen LogP contribution in [0.2, 0.25) is 0 Å². The van der Waals surface area contributed by atoms with E-state index in [1.807, 2.05) is 6.92 Å². The second kappa shape index (κ2) is 7.19. The highest BCUT2D eigenvalue weighted by Gasteiger charge is 2.52. The van der Waals surface area contributed by atoms with Crippen LogP contribution in [0, 0.1) is 0 Å². The van der Waals surface area contributed by atoms with Crippen molar-refractivity contribution in [2.45, 2.75) is 37.2 Å². The van der Waals surface area contributed by atoms with Crippen molar-refractivity contribution in [3.8, 4) is 5.75 Å². The molecule has 2 fully saturated rings. The van der Waals surface area contributed by atoms with Gasteiger partial charge in [-0.05, 0) is 31.0 Å². The third-order valence-corrected chi connectivity index (χ3v) is 6.39. The highest BCUT2D eigenvalue weighted by Crippen LogP contribution is 2.47. The molecule has 0 aliphatic carbocycles. The monoisotopic (exact) mass is 378 g/mol. The minimum Gasteiger partial charge on any atom is -0.496 e. The Morgan fingerprint density at radius 3 is 2.85 bits per heavy atom. The predicted molar refractivity (Wildman–Crippen MR) is 96.9 cm³/mol. The van der Waals surface area contributed by atoms with Crippen molar-refractivity contribution >= 4 is 29.5 Å². The minimum absolute atomic E-state index is 0.0371. The molecule has 0 radical (unpaired) electrons. The zero-order valence-electron chi connectivity index (χ0n) is 15.0. The Bertz CT molecular complexity index is 753. The molecule has 0 spiro atoms. The largest absolute Gasteiger partial charge is 0.496 e. The van der Waals surface area contributed by atoms with Gasteiger partial charge >= 0.3 is 5.97 Å². The summed E-state index contributed by atoms with van der Waals surface area (Å²) in [5.41, 5.74) is 1.06. The Labute approximate surface area is 156 Å². The van der Waals surface area contributed by atoms with Crippen molar-refractivity contribution < 1.29 is 23.9 Å². The van der Waals surface area contributed by atoms with Gasteiger partial charge in [0.25, 0.3) is 0 Å². The lowest BCUT2D eigenvalue weighted by atomic mass is 10.1. The molecule has 8 heteroatoms. The Morgan fingerprint density at radius 2 is 2.15 bits per heavy atom. The molecule has 0 saturated carbocycles. The summed E-state index contributed by atoms with van der Waals surface area (Å²) < 4.78 is 9.92. The normalized spacial score (nSPS) is 24.3. The van der Waals surface area contributed by atoms with Crippen LogP contribution in [0.25, 0.3) is 0 Å². The fourth-order valence-corrected chi connectivity index (χ4v) is 4.89. The van der Waals surface area contributed by atoms with Gasteiger partial charge in [0.1, 0.15) is 17.4 Å². The molecule has 2 heterocycles. The van der Waals surface area contributed by atoms with Gasteiger partial charge in [-0.25, -0.2) is 4.79 Å². The number of amides is 2. The van der Waals surface area contributed by atoms with Crippen LogP contribution in [0.4, 0.5) is 0 Å². The number of fused-ring (bicyclic) bond motifs is 1. The number of nitrogens with zero attached hydrogens (tertiary/aromatic N) is 1. The van der Waals surface area contributed by atoms with Crippen LogP contribution in [0.1, 0.15) is 35.7 Å². The first-order chi connectivity index (χ1) is 12.4. The zero-order valence-corrected chi connectivity index (χ0v) is 15.9. The summed E-state index contributed by atoms with van der Waals surface area (Å²) in [6, 6.07) is 4.64. The quantitative estimate of drug-likeness (QED) is 0.783. The van der Waals surface area contributed by atoms with Crippen LogP contribution < -0.4 is 10.1 Å². The lowest BCUT2D eigenvalue weighted by molar-refractivity contribution is -0.138. The number of hydrogen-bond donors (Lipinski definition) is 1. The van der Waals surface area contributed by atoms with Gasteiger partial charge in [-0.15, -0.1) is 11.8 Å². The number of rotatable bonds is 5. The number of carbonyl (C=O) groups excluding carboxylic acids is 3. The molecule has 1 N–H and O–H groups in total. The van der Waals surface area contributed by atoms with E-state index in [1.54, 1.807) is 34.9 Å². The molecule has 140 valence electrons. The molecule has 2 aliphatic heterocycles. The van der Waals surface area contributed by atoms with Crippen LogP contribution in [0.15, 0.2) is 18.2 Å². The lowest BCUT2D eigenvalue weighted by Gasteiger charge is -2.29. The van der Waals surface area contributed by atoms with E-state index in [4.69, 9.17) is 9.47 Å². The molecule has 7 nitrogen and oxygen atoms in total. The molecule has 0 aromatic heterocycles. The van der Waals surface area contributed by atoms with E-state index in [9.17, 15) is 14.4 Å². The van der Waals surface area contributed by atoms with Crippen molar-refractivity contribution in [1.29, 1.82) is 0 Å². The fourth-order valence-electron chi connectivity index (χ4n) is 3.46. The molecule has 2 aliphatic rings. The number of esters is 1. The summed E-state index contributed by atoms with van der Waals surface area (Å²) in [4.78, 5) is 38.1. The third kappa shape index (κ3) is 3.25. The standard InChI is InChI=1S/C18H22N2O5S/c1-18-7-6-15(21)20(18)13(10-26-18)16(22)19-9-11-4-5-14(24-2)12(8-11)17(23)25-3/h4-5,8,13H,6-7,9-10H2,1-3H3,(H,19,22)/t13-,18+/m0/s1. The van der Waals surface area contributed by atoms with Gasteiger partial charge in [-0.3, -0.25) is 9.59 Å². The predicted octanol–water partition coefficient (Wildman–Crippen LogP) is 1.55. The highest BCUT2D eigenvalue weighted by atomic mass is 32.2.